The lowest BCUT2D eigenvalue weighted by molar-refractivity contribution is -0.121. The van der Waals surface area contributed by atoms with Crippen molar-refractivity contribution in [3.8, 4) is 0 Å². The van der Waals surface area contributed by atoms with Crippen molar-refractivity contribution in [2.45, 2.75) is 19.4 Å². The molecule has 1 amide bonds. The zero-order valence-electron chi connectivity index (χ0n) is 10.1. The summed E-state index contributed by atoms with van der Waals surface area (Å²) < 4.78 is 0. The minimum Gasteiger partial charge on any atom is -0.394 e. The van der Waals surface area contributed by atoms with Gasteiger partial charge in [-0.15, -0.1) is 0 Å². The van der Waals surface area contributed by atoms with E-state index in [1.807, 2.05) is 37.3 Å². The van der Waals surface area contributed by atoms with Gasteiger partial charge in [0.05, 0.1) is 19.2 Å². The maximum atomic E-state index is 11.6. The predicted octanol–water partition coefficient (Wildman–Crippen LogP) is 0.836. The van der Waals surface area contributed by atoms with E-state index in [0.717, 1.165) is 18.5 Å². The summed E-state index contributed by atoms with van der Waals surface area (Å²) in [6.45, 7) is 3.06. The average Bonchev–Trinajstić information content (AvgIpc) is 2.37. The van der Waals surface area contributed by atoms with Gasteiger partial charge < -0.3 is 15.7 Å². The van der Waals surface area contributed by atoms with Crippen LogP contribution >= 0.6 is 0 Å². The highest BCUT2D eigenvalue weighted by Gasteiger charge is 2.12. The van der Waals surface area contributed by atoms with Crippen LogP contribution in [0.2, 0.25) is 0 Å². The molecule has 4 heteroatoms. The molecule has 0 heterocycles. The molecular formula is C13H20N2O2. The van der Waals surface area contributed by atoms with E-state index in [2.05, 4.69) is 10.6 Å². The summed E-state index contributed by atoms with van der Waals surface area (Å²) in [6.07, 6.45) is 0.995. The summed E-state index contributed by atoms with van der Waals surface area (Å²) in [7, 11) is 0. The zero-order valence-corrected chi connectivity index (χ0v) is 10.1. The van der Waals surface area contributed by atoms with Gasteiger partial charge in [-0.25, -0.2) is 0 Å². The van der Waals surface area contributed by atoms with Crippen LogP contribution in [0.1, 0.15) is 24.9 Å². The highest BCUT2D eigenvalue weighted by molar-refractivity contribution is 5.78. The first-order valence-corrected chi connectivity index (χ1v) is 5.93. The van der Waals surface area contributed by atoms with Gasteiger partial charge in [0, 0.05) is 0 Å². The van der Waals surface area contributed by atoms with E-state index in [1.54, 1.807) is 0 Å². The molecule has 0 aliphatic rings. The van der Waals surface area contributed by atoms with E-state index in [9.17, 15) is 9.90 Å². The number of hydrogen-bond donors (Lipinski definition) is 3. The van der Waals surface area contributed by atoms with Gasteiger partial charge >= 0.3 is 0 Å². The van der Waals surface area contributed by atoms with Crippen LogP contribution in [0.4, 0.5) is 0 Å². The van der Waals surface area contributed by atoms with Crippen LogP contribution in [0.5, 0.6) is 0 Å². The highest BCUT2D eigenvalue weighted by atomic mass is 16.3. The van der Waals surface area contributed by atoms with Crippen molar-refractivity contribution in [1.82, 2.24) is 10.6 Å². The predicted molar refractivity (Wildman–Crippen MR) is 67.6 cm³/mol. The Morgan fingerprint density at radius 3 is 2.65 bits per heavy atom. The van der Waals surface area contributed by atoms with Gasteiger partial charge in [-0.1, -0.05) is 37.3 Å². The van der Waals surface area contributed by atoms with Gasteiger partial charge in [-0.3, -0.25) is 4.79 Å². The van der Waals surface area contributed by atoms with E-state index in [4.69, 9.17) is 0 Å². The Morgan fingerprint density at radius 1 is 1.35 bits per heavy atom. The molecule has 4 nitrogen and oxygen atoms in total. The first-order valence-electron chi connectivity index (χ1n) is 5.93. The molecule has 0 aromatic heterocycles. The lowest BCUT2D eigenvalue weighted by Gasteiger charge is -2.16. The molecule has 1 aromatic carbocycles. The number of carbonyl (C=O) groups is 1. The number of carbonyl (C=O) groups excluding carboxylic acids is 1. The van der Waals surface area contributed by atoms with Crippen molar-refractivity contribution in [3.63, 3.8) is 0 Å². The quantitative estimate of drug-likeness (QED) is 0.615. The van der Waals surface area contributed by atoms with Gasteiger partial charge in [0.25, 0.3) is 0 Å². The smallest absolute Gasteiger partial charge is 0.234 e. The van der Waals surface area contributed by atoms with Gasteiger partial charge in [0.15, 0.2) is 0 Å². The van der Waals surface area contributed by atoms with Gasteiger partial charge in [0.1, 0.15) is 0 Å². The maximum absolute atomic E-state index is 11.6. The lowest BCUT2D eigenvalue weighted by Crippen LogP contribution is -2.37. The molecule has 0 aliphatic heterocycles. The second-order valence-corrected chi connectivity index (χ2v) is 3.89. The molecule has 0 unspecified atom stereocenters. The Labute approximate surface area is 102 Å². The zero-order chi connectivity index (χ0) is 12.5. The van der Waals surface area contributed by atoms with E-state index >= 15 is 0 Å². The third kappa shape index (κ3) is 4.97. The average molecular weight is 236 g/mol. The van der Waals surface area contributed by atoms with Crippen molar-refractivity contribution in [3.05, 3.63) is 35.9 Å². The largest absolute Gasteiger partial charge is 0.394 e. The second kappa shape index (κ2) is 7.81. The molecule has 0 aliphatic carbocycles. The number of aliphatic hydroxyl groups excluding tert-OH is 1. The summed E-state index contributed by atoms with van der Waals surface area (Å²) in [4.78, 5) is 11.6. The van der Waals surface area contributed by atoms with Gasteiger partial charge in [-0.05, 0) is 18.5 Å². The minimum absolute atomic E-state index is 0.0937. The monoisotopic (exact) mass is 236 g/mol. The number of amides is 1. The third-order valence-corrected chi connectivity index (χ3v) is 2.43. The fraction of sp³-hybridized carbons (Fsp3) is 0.462. The van der Waals surface area contributed by atoms with Crippen molar-refractivity contribution in [2.24, 2.45) is 0 Å². The van der Waals surface area contributed by atoms with E-state index in [0.29, 0.717) is 0 Å². The molecular weight excluding hydrogens is 216 g/mol. The van der Waals surface area contributed by atoms with E-state index in [-0.39, 0.29) is 25.1 Å². The number of nitrogens with one attached hydrogen (secondary N) is 2. The molecule has 0 radical (unpaired) electrons. The number of benzene rings is 1. The Hall–Kier alpha value is -1.39. The molecule has 94 valence electrons. The van der Waals surface area contributed by atoms with Crippen LogP contribution in [0.25, 0.3) is 0 Å². The SMILES string of the molecule is CCCNCC(=O)N[C@@H](CO)c1ccccc1. The third-order valence-electron chi connectivity index (χ3n) is 2.43. The topological polar surface area (TPSA) is 61.4 Å². The molecule has 3 N–H and O–H groups in total. The van der Waals surface area contributed by atoms with Crippen molar-refractivity contribution in [2.75, 3.05) is 19.7 Å². The van der Waals surface area contributed by atoms with Gasteiger partial charge in [-0.2, -0.15) is 0 Å². The first-order chi connectivity index (χ1) is 8.27. The van der Waals surface area contributed by atoms with Crippen LogP contribution in [0.15, 0.2) is 30.3 Å². The Balaban J connectivity index is 2.44. The molecule has 17 heavy (non-hydrogen) atoms. The van der Waals surface area contributed by atoms with Crippen molar-refractivity contribution in [1.29, 1.82) is 0 Å². The molecule has 0 bridgehead atoms. The standard InChI is InChI=1S/C13H20N2O2/c1-2-8-14-9-13(17)15-12(10-16)11-6-4-3-5-7-11/h3-7,12,14,16H,2,8-10H2,1H3,(H,15,17)/t12-/m0/s1. The summed E-state index contributed by atoms with van der Waals surface area (Å²) in [6, 6.07) is 9.13. The molecule has 1 atom stereocenters. The minimum atomic E-state index is -0.327. The number of hydrogen-bond acceptors (Lipinski definition) is 3. The van der Waals surface area contributed by atoms with Crippen LogP contribution in [0, 0.1) is 0 Å². The lowest BCUT2D eigenvalue weighted by atomic mass is 10.1. The van der Waals surface area contributed by atoms with Crippen LogP contribution in [-0.4, -0.2) is 30.7 Å². The van der Waals surface area contributed by atoms with Crippen LogP contribution in [0.3, 0.4) is 0 Å². The van der Waals surface area contributed by atoms with Crippen molar-refractivity contribution < 1.29 is 9.90 Å². The molecule has 1 rings (SSSR count). The molecule has 0 saturated heterocycles. The van der Waals surface area contributed by atoms with E-state index < -0.39 is 0 Å². The normalized spacial score (nSPS) is 12.1. The summed E-state index contributed by atoms with van der Waals surface area (Å²) >= 11 is 0. The summed E-state index contributed by atoms with van der Waals surface area (Å²) in [5, 5.41) is 15.1. The fourth-order valence-electron chi connectivity index (χ4n) is 1.54. The Kier molecular flexibility index (Phi) is 6.29. The molecule has 0 spiro atoms. The highest BCUT2D eigenvalue weighted by Crippen LogP contribution is 2.10. The summed E-state index contributed by atoms with van der Waals surface area (Å²) in [5.74, 6) is -0.0960. The molecule has 0 saturated carbocycles. The fourth-order valence-corrected chi connectivity index (χ4v) is 1.54. The number of rotatable bonds is 7. The summed E-state index contributed by atoms with van der Waals surface area (Å²) in [5.41, 5.74) is 0.916. The van der Waals surface area contributed by atoms with E-state index in [1.165, 1.54) is 0 Å². The van der Waals surface area contributed by atoms with Crippen LogP contribution in [-0.2, 0) is 4.79 Å². The maximum Gasteiger partial charge on any atom is 0.234 e. The number of aliphatic hydroxyl groups is 1. The second-order valence-electron chi connectivity index (χ2n) is 3.89. The Bertz CT molecular complexity index is 327. The molecule has 1 aromatic rings. The van der Waals surface area contributed by atoms with Crippen molar-refractivity contribution >= 4 is 5.91 Å². The van der Waals surface area contributed by atoms with Crippen LogP contribution < -0.4 is 10.6 Å². The Morgan fingerprint density at radius 2 is 2.06 bits per heavy atom. The first kappa shape index (κ1) is 13.7. The molecule has 0 fully saturated rings. The van der Waals surface area contributed by atoms with Gasteiger partial charge in [0.2, 0.25) is 5.91 Å².